The highest BCUT2D eigenvalue weighted by molar-refractivity contribution is 5.75. The minimum Gasteiger partial charge on any atom is -0.483 e. The van der Waals surface area contributed by atoms with Crippen molar-refractivity contribution < 1.29 is 14.7 Å². The van der Waals surface area contributed by atoms with E-state index in [9.17, 15) is 4.79 Å². The molecule has 4 heterocycles. The normalized spacial score (nSPS) is 12.3. The average molecular weight is 384 g/mol. The first-order chi connectivity index (χ1) is 13.4. The third-order valence-corrected chi connectivity index (χ3v) is 4.26. The number of rotatable bonds is 4. The Labute approximate surface area is 160 Å². The van der Waals surface area contributed by atoms with Crippen LogP contribution >= 0.6 is 0 Å². The van der Waals surface area contributed by atoms with Crippen molar-refractivity contribution >= 4 is 18.2 Å². The van der Waals surface area contributed by atoms with Crippen LogP contribution in [0.4, 0.5) is 5.82 Å². The number of carbonyl (C=O) groups excluding carboxylic acids is 1. The second kappa shape index (κ2) is 7.86. The molecule has 1 aliphatic rings. The SMILES string of the molecule is CN1CCc2ccc(-c3nc(CC(N)=O)nn3-c3ccnn3C)nc21.O=CO. The summed E-state index contributed by atoms with van der Waals surface area (Å²) in [5.74, 6) is 2.13. The highest BCUT2D eigenvalue weighted by atomic mass is 16.3. The Kier molecular flexibility index (Phi) is 5.34. The number of aryl methyl sites for hydroxylation is 1. The van der Waals surface area contributed by atoms with Crippen LogP contribution in [0.2, 0.25) is 0 Å². The molecule has 0 bridgehead atoms. The van der Waals surface area contributed by atoms with Gasteiger partial charge >= 0.3 is 0 Å². The molecule has 1 aliphatic heterocycles. The number of aromatic nitrogens is 6. The van der Waals surface area contributed by atoms with Crippen molar-refractivity contribution in [3.8, 4) is 17.3 Å². The molecule has 4 rings (SSSR count). The predicted octanol–water partition coefficient (Wildman–Crippen LogP) is -0.216. The molecular formula is C17H20N8O3. The smallest absolute Gasteiger partial charge is 0.290 e. The number of hydrogen-bond donors (Lipinski definition) is 2. The van der Waals surface area contributed by atoms with Gasteiger partial charge in [-0.05, 0) is 18.1 Å². The molecule has 0 unspecified atom stereocenters. The summed E-state index contributed by atoms with van der Waals surface area (Å²) < 4.78 is 3.33. The van der Waals surface area contributed by atoms with Crippen molar-refractivity contribution in [3.05, 3.63) is 35.8 Å². The summed E-state index contributed by atoms with van der Waals surface area (Å²) in [6.45, 7) is 0.702. The lowest BCUT2D eigenvalue weighted by Gasteiger charge is -2.12. The van der Waals surface area contributed by atoms with Crippen molar-refractivity contribution in [2.75, 3.05) is 18.5 Å². The molecular weight excluding hydrogens is 364 g/mol. The highest BCUT2D eigenvalue weighted by Gasteiger charge is 2.22. The summed E-state index contributed by atoms with van der Waals surface area (Å²) in [6.07, 6.45) is 2.64. The number of nitrogens with zero attached hydrogens (tertiary/aromatic N) is 7. The van der Waals surface area contributed by atoms with Gasteiger partial charge in [-0.3, -0.25) is 14.3 Å². The quantitative estimate of drug-likeness (QED) is 0.587. The largest absolute Gasteiger partial charge is 0.483 e. The molecule has 3 N–H and O–H groups in total. The number of amides is 1. The van der Waals surface area contributed by atoms with Crippen molar-refractivity contribution in [1.29, 1.82) is 0 Å². The fourth-order valence-corrected chi connectivity index (χ4v) is 3.01. The van der Waals surface area contributed by atoms with Gasteiger partial charge in [0.15, 0.2) is 17.5 Å². The van der Waals surface area contributed by atoms with E-state index in [2.05, 4.69) is 26.1 Å². The molecule has 0 saturated heterocycles. The molecule has 0 radical (unpaired) electrons. The summed E-state index contributed by atoms with van der Waals surface area (Å²) in [4.78, 5) is 31.0. The Hall–Kier alpha value is -3.76. The van der Waals surface area contributed by atoms with E-state index in [1.807, 2.05) is 26.2 Å². The number of nitrogens with two attached hydrogens (primary N) is 1. The van der Waals surface area contributed by atoms with E-state index >= 15 is 0 Å². The molecule has 3 aromatic heterocycles. The fourth-order valence-electron chi connectivity index (χ4n) is 3.01. The number of pyridine rings is 1. The summed E-state index contributed by atoms with van der Waals surface area (Å²) in [6, 6.07) is 5.83. The molecule has 3 aromatic rings. The van der Waals surface area contributed by atoms with Crippen LogP contribution in [-0.2, 0) is 29.5 Å². The minimum absolute atomic E-state index is 0.0251. The topological polar surface area (TPSA) is 145 Å². The van der Waals surface area contributed by atoms with Crippen LogP contribution in [0.1, 0.15) is 11.4 Å². The van der Waals surface area contributed by atoms with Crippen LogP contribution in [0.25, 0.3) is 17.3 Å². The van der Waals surface area contributed by atoms with Crippen LogP contribution in [0.3, 0.4) is 0 Å². The van der Waals surface area contributed by atoms with Crippen LogP contribution in [0, 0.1) is 0 Å². The maximum absolute atomic E-state index is 11.3. The number of primary amides is 1. The van der Waals surface area contributed by atoms with E-state index in [0.29, 0.717) is 17.3 Å². The molecule has 0 fully saturated rings. The van der Waals surface area contributed by atoms with E-state index in [1.165, 1.54) is 5.56 Å². The fraction of sp³-hybridized carbons (Fsp3) is 0.294. The summed E-state index contributed by atoms with van der Waals surface area (Å²) >= 11 is 0. The van der Waals surface area contributed by atoms with Crippen LogP contribution in [0.15, 0.2) is 24.4 Å². The van der Waals surface area contributed by atoms with E-state index < -0.39 is 5.91 Å². The van der Waals surface area contributed by atoms with E-state index in [1.54, 1.807) is 15.6 Å². The van der Waals surface area contributed by atoms with Gasteiger partial charge in [-0.25, -0.2) is 9.97 Å². The maximum Gasteiger partial charge on any atom is 0.290 e. The first-order valence-electron chi connectivity index (χ1n) is 8.46. The van der Waals surface area contributed by atoms with Gasteiger partial charge in [0, 0.05) is 26.7 Å². The number of hydrogen-bond acceptors (Lipinski definition) is 7. The lowest BCUT2D eigenvalue weighted by molar-refractivity contribution is -0.123. The van der Waals surface area contributed by atoms with Crippen molar-refractivity contribution in [1.82, 2.24) is 29.5 Å². The maximum atomic E-state index is 11.3. The van der Waals surface area contributed by atoms with Crippen molar-refractivity contribution in [3.63, 3.8) is 0 Å². The highest BCUT2D eigenvalue weighted by Crippen LogP contribution is 2.28. The van der Waals surface area contributed by atoms with Gasteiger partial charge in [0.05, 0.1) is 12.6 Å². The van der Waals surface area contributed by atoms with Crippen molar-refractivity contribution in [2.24, 2.45) is 12.8 Å². The zero-order chi connectivity index (χ0) is 20.3. The second-order valence-electron chi connectivity index (χ2n) is 6.18. The lowest BCUT2D eigenvalue weighted by atomic mass is 10.2. The second-order valence-corrected chi connectivity index (χ2v) is 6.18. The van der Waals surface area contributed by atoms with Gasteiger partial charge in [0.25, 0.3) is 6.47 Å². The average Bonchev–Trinajstić information content (AvgIpc) is 3.34. The van der Waals surface area contributed by atoms with Gasteiger partial charge < -0.3 is 15.7 Å². The van der Waals surface area contributed by atoms with E-state index in [4.69, 9.17) is 20.6 Å². The Morgan fingerprint density at radius 3 is 2.68 bits per heavy atom. The summed E-state index contributed by atoms with van der Waals surface area (Å²) in [5.41, 5.74) is 7.20. The van der Waals surface area contributed by atoms with E-state index in [-0.39, 0.29) is 12.9 Å². The van der Waals surface area contributed by atoms with Gasteiger partial charge in [-0.2, -0.15) is 9.78 Å². The van der Waals surface area contributed by atoms with Crippen molar-refractivity contribution in [2.45, 2.75) is 12.8 Å². The third kappa shape index (κ3) is 3.68. The van der Waals surface area contributed by atoms with Gasteiger partial charge in [-0.1, -0.05) is 6.07 Å². The van der Waals surface area contributed by atoms with Gasteiger partial charge in [0.2, 0.25) is 5.91 Å². The number of fused-ring (bicyclic) bond motifs is 1. The Bertz CT molecular complexity index is 1010. The summed E-state index contributed by atoms with van der Waals surface area (Å²) in [7, 11) is 3.84. The molecule has 0 atom stereocenters. The minimum atomic E-state index is -0.477. The summed E-state index contributed by atoms with van der Waals surface area (Å²) in [5, 5.41) is 15.5. The molecule has 146 valence electrons. The van der Waals surface area contributed by atoms with Gasteiger partial charge in [-0.15, -0.1) is 5.10 Å². The number of anilines is 1. The predicted molar refractivity (Wildman–Crippen MR) is 99.9 cm³/mol. The standard InChI is InChI=1S/C16H18N8O.CH2O2/c1-22-8-6-10-3-4-11(19-15(10)22)16-20-13(9-12(17)25)21-24(16)14-5-7-18-23(14)2;2-1-3/h3-5,7H,6,8-9H2,1-2H3,(H2,17,25);1H,(H,2,3). The molecule has 0 saturated carbocycles. The monoisotopic (exact) mass is 384 g/mol. The number of likely N-dealkylation sites (N-methyl/N-ethyl adjacent to an activating group) is 1. The molecule has 11 heteroatoms. The molecule has 1 amide bonds. The lowest BCUT2D eigenvalue weighted by Crippen LogP contribution is -2.15. The van der Waals surface area contributed by atoms with E-state index in [0.717, 1.165) is 24.6 Å². The van der Waals surface area contributed by atoms with Crippen LogP contribution < -0.4 is 10.6 Å². The first kappa shape index (κ1) is 19.0. The van der Waals surface area contributed by atoms with Gasteiger partial charge in [0.1, 0.15) is 11.5 Å². The molecule has 0 spiro atoms. The third-order valence-electron chi connectivity index (χ3n) is 4.26. The zero-order valence-electron chi connectivity index (χ0n) is 15.5. The van der Waals surface area contributed by atoms with Crippen LogP contribution in [0.5, 0.6) is 0 Å². The molecule has 28 heavy (non-hydrogen) atoms. The van der Waals surface area contributed by atoms with Crippen LogP contribution in [-0.4, -0.2) is 60.6 Å². The molecule has 11 nitrogen and oxygen atoms in total. The molecule has 0 aromatic carbocycles. The zero-order valence-corrected chi connectivity index (χ0v) is 15.5. The number of carbonyl (C=O) groups is 2. The Balaban J connectivity index is 0.000000706. The number of carboxylic acid groups (broad SMARTS) is 1. The molecule has 0 aliphatic carbocycles. The Morgan fingerprint density at radius 2 is 2.04 bits per heavy atom. The Morgan fingerprint density at radius 1 is 1.29 bits per heavy atom. The first-order valence-corrected chi connectivity index (χ1v) is 8.46.